The maximum Gasteiger partial charge on any atom is 0.235 e. The summed E-state index contributed by atoms with van der Waals surface area (Å²) >= 11 is 1.43. The third-order valence-corrected chi connectivity index (χ3v) is 4.06. The fourth-order valence-electron chi connectivity index (χ4n) is 2.19. The second-order valence-electron chi connectivity index (χ2n) is 4.36. The Kier molecular flexibility index (Phi) is 2.29. The number of ether oxygens (including phenoxy) is 1. The van der Waals surface area contributed by atoms with Crippen molar-refractivity contribution in [3.63, 3.8) is 0 Å². The third kappa shape index (κ3) is 1.62. The van der Waals surface area contributed by atoms with Crippen molar-refractivity contribution >= 4 is 22.1 Å². The minimum Gasteiger partial charge on any atom is -0.383 e. The Morgan fingerprint density at radius 1 is 1.47 bits per heavy atom. The number of nitrogens with two attached hydrogens (primary N) is 1. The predicted octanol–water partition coefficient (Wildman–Crippen LogP) is 1.01. The van der Waals surface area contributed by atoms with Gasteiger partial charge in [-0.1, -0.05) is 11.3 Å². The summed E-state index contributed by atoms with van der Waals surface area (Å²) < 4.78 is 7.37. The van der Waals surface area contributed by atoms with Gasteiger partial charge in [-0.3, -0.25) is 5.10 Å². The van der Waals surface area contributed by atoms with E-state index in [2.05, 4.69) is 25.5 Å². The molecule has 0 saturated carbocycles. The number of aromatic amines is 1. The third-order valence-electron chi connectivity index (χ3n) is 3.13. The van der Waals surface area contributed by atoms with E-state index in [1.54, 1.807) is 10.7 Å². The van der Waals surface area contributed by atoms with E-state index in [0.29, 0.717) is 5.82 Å². The number of H-pyrrole nitrogens is 1. The van der Waals surface area contributed by atoms with Crippen molar-refractivity contribution < 1.29 is 4.74 Å². The highest BCUT2D eigenvalue weighted by atomic mass is 32.1. The molecule has 0 spiro atoms. The number of anilines is 1. The quantitative estimate of drug-likeness (QED) is 0.724. The SMILES string of the molecule is Nc1[nH]ncc1-c1nn2c(C3CCCO3)nnc2s1. The number of fused-ring (bicyclic) bond motifs is 1. The van der Waals surface area contributed by atoms with Crippen molar-refractivity contribution in [3.05, 3.63) is 12.0 Å². The number of nitrogen functional groups attached to an aromatic ring is 1. The highest BCUT2D eigenvalue weighted by Crippen LogP contribution is 2.32. The molecule has 8 nitrogen and oxygen atoms in total. The van der Waals surface area contributed by atoms with Crippen LogP contribution in [0.15, 0.2) is 6.20 Å². The molecule has 0 radical (unpaired) electrons. The Hall–Kier alpha value is -2.00. The van der Waals surface area contributed by atoms with E-state index in [1.807, 2.05) is 0 Å². The second-order valence-corrected chi connectivity index (χ2v) is 5.31. The molecule has 1 aliphatic heterocycles. The van der Waals surface area contributed by atoms with Crippen LogP contribution in [0, 0.1) is 0 Å². The Morgan fingerprint density at radius 3 is 3.16 bits per heavy atom. The summed E-state index contributed by atoms with van der Waals surface area (Å²) in [6, 6.07) is 0. The lowest BCUT2D eigenvalue weighted by atomic mass is 10.2. The number of aromatic nitrogens is 6. The van der Waals surface area contributed by atoms with Crippen molar-refractivity contribution in [3.8, 4) is 10.6 Å². The lowest BCUT2D eigenvalue weighted by Crippen LogP contribution is -2.03. The molecular weight excluding hydrogens is 266 g/mol. The van der Waals surface area contributed by atoms with E-state index in [9.17, 15) is 0 Å². The monoisotopic (exact) mass is 277 g/mol. The number of hydrogen-bond acceptors (Lipinski definition) is 7. The van der Waals surface area contributed by atoms with Crippen LogP contribution in [0.4, 0.5) is 5.82 Å². The molecule has 4 heterocycles. The molecule has 1 atom stereocenters. The first-order chi connectivity index (χ1) is 9.33. The zero-order valence-electron chi connectivity index (χ0n) is 9.91. The van der Waals surface area contributed by atoms with Crippen LogP contribution in [0.1, 0.15) is 24.8 Å². The van der Waals surface area contributed by atoms with Crippen LogP contribution in [-0.4, -0.2) is 36.6 Å². The van der Waals surface area contributed by atoms with E-state index < -0.39 is 0 Å². The summed E-state index contributed by atoms with van der Waals surface area (Å²) in [6.07, 6.45) is 3.66. The summed E-state index contributed by atoms with van der Waals surface area (Å²) in [5.41, 5.74) is 6.59. The summed E-state index contributed by atoms with van der Waals surface area (Å²) in [4.78, 5) is 0.737. The Morgan fingerprint density at radius 2 is 2.42 bits per heavy atom. The van der Waals surface area contributed by atoms with Crippen LogP contribution in [0.5, 0.6) is 0 Å². The Bertz CT molecular complexity index is 723. The molecule has 1 aliphatic rings. The van der Waals surface area contributed by atoms with E-state index in [4.69, 9.17) is 10.5 Å². The van der Waals surface area contributed by atoms with Crippen LogP contribution in [0.25, 0.3) is 15.5 Å². The smallest absolute Gasteiger partial charge is 0.235 e. The van der Waals surface area contributed by atoms with Crippen LogP contribution >= 0.6 is 11.3 Å². The first-order valence-electron chi connectivity index (χ1n) is 5.96. The number of rotatable bonds is 2. The van der Waals surface area contributed by atoms with Gasteiger partial charge in [-0.25, -0.2) is 0 Å². The van der Waals surface area contributed by atoms with Crippen molar-refractivity contribution in [2.24, 2.45) is 0 Å². The molecule has 1 unspecified atom stereocenters. The molecule has 19 heavy (non-hydrogen) atoms. The molecule has 3 aromatic rings. The van der Waals surface area contributed by atoms with Crippen LogP contribution in [0.2, 0.25) is 0 Å². The van der Waals surface area contributed by atoms with Crippen molar-refractivity contribution in [2.75, 3.05) is 12.3 Å². The van der Waals surface area contributed by atoms with E-state index in [1.165, 1.54) is 11.3 Å². The average Bonchev–Trinajstić information content (AvgIpc) is 3.10. The van der Waals surface area contributed by atoms with Gasteiger partial charge < -0.3 is 10.5 Å². The summed E-state index contributed by atoms with van der Waals surface area (Å²) in [5.74, 6) is 1.26. The number of nitrogens with one attached hydrogen (secondary N) is 1. The molecule has 0 aromatic carbocycles. The zero-order chi connectivity index (χ0) is 12.8. The van der Waals surface area contributed by atoms with E-state index in [-0.39, 0.29) is 6.10 Å². The van der Waals surface area contributed by atoms with Gasteiger partial charge in [0.05, 0.1) is 11.8 Å². The number of nitrogens with zero attached hydrogens (tertiary/aromatic N) is 5. The molecule has 0 aliphatic carbocycles. The van der Waals surface area contributed by atoms with E-state index >= 15 is 0 Å². The molecule has 4 rings (SSSR count). The van der Waals surface area contributed by atoms with Crippen LogP contribution in [-0.2, 0) is 4.74 Å². The highest BCUT2D eigenvalue weighted by Gasteiger charge is 2.25. The summed E-state index contributed by atoms with van der Waals surface area (Å²) in [6.45, 7) is 0.769. The lowest BCUT2D eigenvalue weighted by Gasteiger charge is -2.03. The fraction of sp³-hybridized carbons (Fsp3) is 0.400. The second kappa shape index (κ2) is 4.00. The predicted molar refractivity (Wildman–Crippen MR) is 68.6 cm³/mol. The van der Waals surface area contributed by atoms with Crippen LogP contribution in [0.3, 0.4) is 0 Å². The van der Waals surface area contributed by atoms with Gasteiger partial charge in [0.1, 0.15) is 11.9 Å². The van der Waals surface area contributed by atoms with E-state index in [0.717, 1.165) is 40.8 Å². The van der Waals surface area contributed by atoms with Gasteiger partial charge in [-0.15, -0.1) is 10.2 Å². The molecule has 3 aromatic heterocycles. The van der Waals surface area contributed by atoms with Crippen molar-refractivity contribution in [1.29, 1.82) is 0 Å². The lowest BCUT2D eigenvalue weighted by molar-refractivity contribution is 0.103. The van der Waals surface area contributed by atoms with Crippen LogP contribution < -0.4 is 5.73 Å². The zero-order valence-corrected chi connectivity index (χ0v) is 10.7. The minimum atomic E-state index is -0.00773. The largest absolute Gasteiger partial charge is 0.383 e. The molecule has 9 heteroatoms. The first-order valence-corrected chi connectivity index (χ1v) is 6.77. The van der Waals surface area contributed by atoms with Gasteiger partial charge in [0.25, 0.3) is 0 Å². The van der Waals surface area contributed by atoms with Gasteiger partial charge in [0, 0.05) is 6.61 Å². The number of hydrogen-bond donors (Lipinski definition) is 2. The van der Waals surface area contributed by atoms with Gasteiger partial charge in [-0.05, 0) is 12.8 Å². The molecule has 1 fully saturated rings. The standard InChI is InChI=1S/C10H11N7OS/c11-7-5(4-12-13-7)9-16-17-8(6-2-1-3-18-6)14-15-10(17)19-9/h4,6H,1-3H2,(H3,11,12,13). The minimum absolute atomic E-state index is 0.00773. The molecule has 98 valence electrons. The molecular formula is C10H11N7OS. The Labute approximate surface area is 111 Å². The van der Waals surface area contributed by atoms with Gasteiger partial charge >= 0.3 is 0 Å². The Balaban J connectivity index is 1.82. The van der Waals surface area contributed by atoms with Gasteiger partial charge in [0.15, 0.2) is 10.8 Å². The van der Waals surface area contributed by atoms with Gasteiger partial charge in [-0.2, -0.15) is 14.7 Å². The van der Waals surface area contributed by atoms with Gasteiger partial charge in [0.2, 0.25) is 4.96 Å². The fourth-order valence-corrected chi connectivity index (χ4v) is 3.06. The normalized spacial score (nSPS) is 19.5. The first kappa shape index (κ1) is 10.9. The maximum absolute atomic E-state index is 5.80. The topological polar surface area (TPSA) is 107 Å². The summed E-state index contributed by atoms with van der Waals surface area (Å²) in [5, 5.41) is 20.2. The molecule has 1 saturated heterocycles. The highest BCUT2D eigenvalue weighted by molar-refractivity contribution is 7.19. The molecule has 0 amide bonds. The summed E-state index contributed by atoms with van der Waals surface area (Å²) in [7, 11) is 0. The van der Waals surface area contributed by atoms with Crippen molar-refractivity contribution in [1.82, 2.24) is 30.0 Å². The molecule has 0 bridgehead atoms. The molecule has 3 N–H and O–H groups in total. The average molecular weight is 277 g/mol. The maximum atomic E-state index is 5.80. The van der Waals surface area contributed by atoms with Crippen molar-refractivity contribution in [2.45, 2.75) is 18.9 Å².